The summed E-state index contributed by atoms with van der Waals surface area (Å²) in [5, 5.41) is -0.164. The van der Waals surface area contributed by atoms with Gasteiger partial charge in [-0.2, -0.15) is 12.6 Å². The van der Waals surface area contributed by atoms with Gasteiger partial charge in [0.1, 0.15) is 6.61 Å². The molecular weight excluding hydrogens is 148 g/mol. The molecule has 1 atom stereocenters. The molecule has 0 saturated heterocycles. The van der Waals surface area contributed by atoms with Gasteiger partial charge in [-0.25, -0.2) is 4.79 Å². The lowest BCUT2D eigenvalue weighted by molar-refractivity contribution is -0.138. The zero-order chi connectivity index (χ0) is 8.15. The summed E-state index contributed by atoms with van der Waals surface area (Å²) < 4.78 is 4.69. The summed E-state index contributed by atoms with van der Waals surface area (Å²) in [4.78, 5) is 10.7. The highest BCUT2D eigenvalue weighted by Gasteiger charge is 2.03. The van der Waals surface area contributed by atoms with E-state index < -0.39 is 0 Å². The van der Waals surface area contributed by atoms with Crippen molar-refractivity contribution in [2.75, 3.05) is 6.61 Å². The first-order valence-corrected chi connectivity index (χ1v) is 3.39. The van der Waals surface area contributed by atoms with Gasteiger partial charge in [0, 0.05) is 10.8 Å². The van der Waals surface area contributed by atoms with Gasteiger partial charge in [0.25, 0.3) is 0 Å². The van der Waals surface area contributed by atoms with Gasteiger partial charge >= 0.3 is 5.97 Å². The van der Waals surface area contributed by atoms with Crippen LogP contribution in [0.1, 0.15) is 6.92 Å². The zero-order valence-corrected chi connectivity index (χ0v) is 6.86. The first kappa shape index (κ1) is 9.56. The van der Waals surface area contributed by atoms with Crippen LogP contribution in [-0.4, -0.2) is 17.8 Å². The molecule has 1 unspecified atom stereocenters. The minimum atomic E-state index is -0.386. The van der Waals surface area contributed by atoms with E-state index in [9.17, 15) is 4.79 Å². The second-order valence-electron chi connectivity index (χ2n) is 2.03. The van der Waals surface area contributed by atoms with Gasteiger partial charge in [-0.1, -0.05) is 6.58 Å². The van der Waals surface area contributed by atoms with Crippen molar-refractivity contribution < 1.29 is 9.53 Å². The largest absolute Gasteiger partial charge is 0.461 e. The van der Waals surface area contributed by atoms with Gasteiger partial charge in [0.05, 0.1) is 0 Å². The van der Waals surface area contributed by atoms with E-state index in [2.05, 4.69) is 30.9 Å². The third-order valence-electron chi connectivity index (χ3n) is 0.755. The molecule has 0 aromatic rings. The molecule has 0 rings (SSSR count). The zero-order valence-electron chi connectivity index (χ0n) is 5.96. The smallest absolute Gasteiger partial charge is 0.333 e. The molecule has 0 aromatic carbocycles. The van der Waals surface area contributed by atoms with E-state index in [1.165, 1.54) is 0 Å². The van der Waals surface area contributed by atoms with E-state index in [1.807, 2.05) is 0 Å². The van der Waals surface area contributed by atoms with Crippen molar-refractivity contribution in [3.8, 4) is 0 Å². The molecule has 57 valence electrons. The van der Waals surface area contributed by atoms with Gasteiger partial charge in [-0.3, -0.25) is 0 Å². The third kappa shape index (κ3) is 4.44. The van der Waals surface area contributed by atoms with Gasteiger partial charge in [0.15, 0.2) is 0 Å². The SMILES string of the molecule is [CH2]C(S)COC(=O)C(=C)C. The van der Waals surface area contributed by atoms with Gasteiger partial charge in [0.2, 0.25) is 0 Å². The summed E-state index contributed by atoms with van der Waals surface area (Å²) in [5.41, 5.74) is 0.397. The Bertz CT molecular complexity index is 141. The predicted octanol–water partition coefficient (Wildman–Crippen LogP) is 1.24. The van der Waals surface area contributed by atoms with Crippen LogP contribution in [-0.2, 0) is 9.53 Å². The van der Waals surface area contributed by atoms with Crippen LogP contribution in [0.3, 0.4) is 0 Å². The van der Waals surface area contributed by atoms with E-state index in [0.29, 0.717) is 5.57 Å². The Kier molecular flexibility index (Phi) is 4.19. The van der Waals surface area contributed by atoms with Crippen LogP contribution in [0.5, 0.6) is 0 Å². The molecule has 0 aromatic heterocycles. The quantitative estimate of drug-likeness (QED) is 0.381. The Morgan fingerprint density at radius 2 is 2.30 bits per heavy atom. The molecule has 0 aliphatic carbocycles. The van der Waals surface area contributed by atoms with Gasteiger partial charge in [-0.05, 0) is 13.8 Å². The van der Waals surface area contributed by atoms with Crippen LogP contribution >= 0.6 is 12.6 Å². The summed E-state index contributed by atoms with van der Waals surface area (Å²) in [5.74, 6) is -0.386. The Morgan fingerprint density at radius 3 is 2.60 bits per heavy atom. The van der Waals surface area contributed by atoms with Crippen LogP contribution < -0.4 is 0 Å². The van der Waals surface area contributed by atoms with Crippen LogP contribution in [0.15, 0.2) is 12.2 Å². The van der Waals surface area contributed by atoms with E-state index >= 15 is 0 Å². The Hall–Kier alpha value is -0.440. The highest BCUT2D eigenvalue weighted by atomic mass is 32.1. The standard InChI is InChI=1S/C7H11O2S/c1-5(2)7(8)9-4-6(3)10/h6,10H,1,3-4H2,2H3. The van der Waals surface area contributed by atoms with Crippen molar-refractivity contribution in [1.82, 2.24) is 0 Å². The molecule has 2 nitrogen and oxygen atoms in total. The molecule has 0 bridgehead atoms. The minimum Gasteiger partial charge on any atom is -0.461 e. The summed E-state index contributed by atoms with van der Waals surface area (Å²) in [7, 11) is 0. The number of thiol groups is 1. The molecule has 0 spiro atoms. The molecule has 1 radical (unpaired) electrons. The Labute approximate surface area is 66.7 Å². The molecule has 3 heteroatoms. The highest BCUT2D eigenvalue weighted by Crippen LogP contribution is 1.96. The molecular formula is C7H11O2S. The van der Waals surface area contributed by atoms with Crippen molar-refractivity contribution in [2.24, 2.45) is 0 Å². The first-order valence-electron chi connectivity index (χ1n) is 2.88. The number of hydrogen-bond donors (Lipinski definition) is 1. The summed E-state index contributed by atoms with van der Waals surface area (Å²) >= 11 is 3.92. The monoisotopic (exact) mass is 159 g/mol. The molecule has 0 N–H and O–H groups in total. The number of rotatable bonds is 3. The molecule has 0 fully saturated rings. The average molecular weight is 159 g/mol. The molecule has 0 saturated carbocycles. The van der Waals surface area contributed by atoms with Crippen molar-refractivity contribution in [3.05, 3.63) is 19.1 Å². The lowest BCUT2D eigenvalue weighted by atomic mass is 10.4. The number of ether oxygens (including phenoxy) is 1. The van der Waals surface area contributed by atoms with Gasteiger partial charge < -0.3 is 4.74 Å². The van der Waals surface area contributed by atoms with E-state index in [0.717, 1.165) is 0 Å². The Balaban J connectivity index is 3.50. The highest BCUT2D eigenvalue weighted by molar-refractivity contribution is 7.81. The number of carbonyl (C=O) groups excluding carboxylic acids is 1. The second kappa shape index (κ2) is 4.39. The van der Waals surface area contributed by atoms with E-state index in [-0.39, 0.29) is 17.8 Å². The van der Waals surface area contributed by atoms with Crippen LogP contribution in [0.2, 0.25) is 0 Å². The van der Waals surface area contributed by atoms with E-state index in [1.54, 1.807) is 6.92 Å². The van der Waals surface area contributed by atoms with Crippen LogP contribution in [0.4, 0.5) is 0 Å². The number of esters is 1. The summed E-state index contributed by atoms with van der Waals surface area (Å²) in [6.45, 7) is 8.77. The average Bonchev–Trinajstić information content (AvgIpc) is 1.82. The lowest BCUT2D eigenvalue weighted by Gasteiger charge is -2.04. The predicted molar refractivity (Wildman–Crippen MR) is 43.9 cm³/mol. The third-order valence-corrected chi connectivity index (χ3v) is 0.904. The first-order chi connectivity index (χ1) is 4.54. The fraction of sp³-hybridized carbons (Fsp3) is 0.429. The van der Waals surface area contributed by atoms with Crippen molar-refractivity contribution in [3.63, 3.8) is 0 Å². The maximum Gasteiger partial charge on any atom is 0.333 e. The number of hydrogen-bond acceptors (Lipinski definition) is 3. The molecule has 0 heterocycles. The fourth-order valence-electron chi connectivity index (χ4n) is 0.295. The molecule has 10 heavy (non-hydrogen) atoms. The Morgan fingerprint density at radius 1 is 1.80 bits per heavy atom. The second-order valence-corrected chi connectivity index (χ2v) is 2.76. The summed E-state index contributed by atoms with van der Waals surface area (Å²) in [6.07, 6.45) is 0. The number of carbonyl (C=O) groups is 1. The fourth-order valence-corrected chi connectivity index (χ4v) is 0.370. The molecule has 0 amide bonds. The minimum absolute atomic E-state index is 0.164. The lowest BCUT2D eigenvalue weighted by Crippen LogP contribution is -2.11. The maximum atomic E-state index is 10.7. The van der Waals surface area contributed by atoms with Crippen LogP contribution in [0.25, 0.3) is 0 Å². The van der Waals surface area contributed by atoms with Crippen LogP contribution in [0, 0.1) is 6.92 Å². The van der Waals surface area contributed by atoms with Crippen molar-refractivity contribution >= 4 is 18.6 Å². The van der Waals surface area contributed by atoms with Gasteiger partial charge in [-0.15, -0.1) is 0 Å². The van der Waals surface area contributed by atoms with E-state index in [4.69, 9.17) is 0 Å². The molecule has 0 aliphatic rings. The summed E-state index contributed by atoms with van der Waals surface area (Å²) in [6, 6.07) is 0. The normalized spacial score (nSPS) is 12.3. The van der Waals surface area contributed by atoms with Crippen molar-refractivity contribution in [1.29, 1.82) is 0 Å². The maximum absolute atomic E-state index is 10.7. The van der Waals surface area contributed by atoms with Crippen molar-refractivity contribution in [2.45, 2.75) is 12.2 Å². The topological polar surface area (TPSA) is 26.3 Å². The molecule has 0 aliphatic heterocycles.